The molecule has 4 rings (SSSR count). The molecule has 0 spiro atoms. The Bertz CT molecular complexity index is 905. The Hall–Kier alpha value is -2.93. The molecule has 0 bridgehead atoms. The van der Waals surface area contributed by atoms with E-state index in [1.54, 1.807) is 11.8 Å². The highest BCUT2D eigenvalue weighted by molar-refractivity contribution is 5.44. The average Bonchev–Trinajstić information content (AvgIpc) is 3.07. The molecule has 1 aromatic heterocycles. The lowest BCUT2D eigenvalue weighted by Crippen LogP contribution is -2.27. The number of nitrogens with one attached hydrogen (secondary N) is 1. The number of methoxy groups -OCH3 is 1. The summed E-state index contributed by atoms with van der Waals surface area (Å²) in [6, 6.07) is 16.5. The van der Waals surface area contributed by atoms with Gasteiger partial charge in [-0.2, -0.15) is 4.68 Å². The zero-order valence-corrected chi connectivity index (χ0v) is 16.8. The lowest BCUT2D eigenvalue weighted by Gasteiger charge is -2.17. The van der Waals surface area contributed by atoms with Crippen LogP contribution < -0.4 is 14.8 Å². The minimum Gasteiger partial charge on any atom is -0.493 e. The number of rotatable bonds is 7. The summed E-state index contributed by atoms with van der Waals surface area (Å²) in [7, 11) is 1.64. The van der Waals surface area contributed by atoms with Gasteiger partial charge in [-0.05, 0) is 53.1 Å². The van der Waals surface area contributed by atoms with Crippen LogP contribution in [-0.4, -0.2) is 33.4 Å². The van der Waals surface area contributed by atoms with Crippen molar-refractivity contribution in [3.63, 3.8) is 0 Å². The van der Waals surface area contributed by atoms with Crippen LogP contribution in [-0.2, 0) is 6.54 Å². The molecule has 1 saturated carbocycles. The lowest BCUT2D eigenvalue weighted by atomic mass is 10.1. The van der Waals surface area contributed by atoms with Gasteiger partial charge in [0.1, 0.15) is 0 Å². The Morgan fingerprint density at radius 1 is 1.00 bits per heavy atom. The third-order valence-electron chi connectivity index (χ3n) is 5.32. The van der Waals surface area contributed by atoms with Crippen LogP contribution in [0.15, 0.2) is 48.5 Å². The van der Waals surface area contributed by atoms with Crippen LogP contribution in [0.2, 0.25) is 0 Å². The minimum atomic E-state index is 0.291. The largest absolute Gasteiger partial charge is 0.493 e. The molecule has 1 aliphatic carbocycles. The quantitative estimate of drug-likeness (QED) is 0.604. The van der Waals surface area contributed by atoms with Crippen LogP contribution in [0.25, 0.3) is 5.69 Å². The highest BCUT2D eigenvalue weighted by Crippen LogP contribution is 2.32. The molecule has 7 nitrogen and oxygen atoms in total. The molecule has 0 amide bonds. The second-order valence-corrected chi connectivity index (χ2v) is 7.37. The van der Waals surface area contributed by atoms with Crippen molar-refractivity contribution in [1.29, 1.82) is 0 Å². The highest BCUT2D eigenvalue weighted by atomic mass is 16.5. The van der Waals surface area contributed by atoms with Crippen molar-refractivity contribution in [3.05, 3.63) is 54.1 Å². The maximum atomic E-state index is 5.97. The molecule has 0 atom stereocenters. The Balaban J connectivity index is 1.46. The average molecular weight is 393 g/mol. The maximum Gasteiger partial charge on any atom is 0.346 e. The van der Waals surface area contributed by atoms with Gasteiger partial charge in [0.15, 0.2) is 11.5 Å². The lowest BCUT2D eigenvalue weighted by molar-refractivity contribution is 0.362. The van der Waals surface area contributed by atoms with E-state index < -0.39 is 0 Å². The number of hydrogen-bond acceptors (Lipinski definition) is 6. The van der Waals surface area contributed by atoms with Crippen molar-refractivity contribution in [2.45, 2.75) is 51.1 Å². The molecule has 0 aliphatic heterocycles. The Morgan fingerprint density at radius 2 is 1.79 bits per heavy atom. The van der Waals surface area contributed by atoms with Crippen molar-refractivity contribution < 1.29 is 9.47 Å². The predicted molar refractivity (Wildman–Crippen MR) is 111 cm³/mol. The van der Waals surface area contributed by atoms with Crippen molar-refractivity contribution in [2.75, 3.05) is 7.11 Å². The fraction of sp³-hybridized carbons (Fsp3) is 0.409. The van der Waals surface area contributed by atoms with E-state index in [0.717, 1.165) is 12.2 Å². The van der Waals surface area contributed by atoms with Gasteiger partial charge in [0, 0.05) is 12.6 Å². The van der Waals surface area contributed by atoms with Crippen LogP contribution in [0.1, 0.15) is 44.1 Å². The van der Waals surface area contributed by atoms with E-state index in [4.69, 9.17) is 9.47 Å². The first-order valence-corrected chi connectivity index (χ1v) is 10.3. The summed E-state index contributed by atoms with van der Waals surface area (Å²) in [6.07, 6.45) is 7.90. The second kappa shape index (κ2) is 9.52. The molecule has 1 aliphatic rings. The normalized spacial score (nSPS) is 15.1. The fourth-order valence-electron chi connectivity index (χ4n) is 3.72. The number of ether oxygens (including phenoxy) is 2. The monoisotopic (exact) mass is 393 g/mol. The van der Waals surface area contributed by atoms with Crippen molar-refractivity contribution in [2.24, 2.45) is 0 Å². The third-order valence-corrected chi connectivity index (χ3v) is 5.32. The molecule has 2 aromatic carbocycles. The van der Waals surface area contributed by atoms with Gasteiger partial charge in [0.2, 0.25) is 0 Å². The van der Waals surface area contributed by atoms with E-state index in [0.29, 0.717) is 23.6 Å². The minimum absolute atomic E-state index is 0.291. The number of hydrogen-bond donors (Lipinski definition) is 1. The number of benzene rings is 2. The second-order valence-electron chi connectivity index (χ2n) is 7.37. The molecule has 1 heterocycles. The molecule has 29 heavy (non-hydrogen) atoms. The van der Waals surface area contributed by atoms with E-state index in [1.807, 2.05) is 42.5 Å². The van der Waals surface area contributed by atoms with Crippen LogP contribution in [0.4, 0.5) is 0 Å². The Labute approximate surface area is 171 Å². The summed E-state index contributed by atoms with van der Waals surface area (Å²) in [4.78, 5) is 0. The van der Waals surface area contributed by atoms with Crippen molar-refractivity contribution in [1.82, 2.24) is 25.5 Å². The number of nitrogens with zero attached hydrogens (tertiary/aromatic N) is 4. The summed E-state index contributed by atoms with van der Waals surface area (Å²) in [5.74, 6) is 1.24. The fourth-order valence-corrected chi connectivity index (χ4v) is 3.72. The van der Waals surface area contributed by atoms with E-state index in [-0.39, 0.29) is 0 Å². The first-order chi connectivity index (χ1) is 14.3. The number of para-hydroxylation sites is 1. The zero-order valence-electron chi connectivity index (χ0n) is 16.8. The van der Waals surface area contributed by atoms with Gasteiger partial charge in [-0.3, -0.25) is 0 Å². The van der Waals surface area contributed by atoms with Gasteiger partial charge in [-0.15, -0.1) is 0 Å². The van der Waals surface area contributed by atoms with Gasteiger partial charge in [-0.25, -0.2) is 0 Å². The Kier molecular flexibility index (Phi) is 6.36. The standard InChI is InChI=1S/C22H27N5O2/c1-28-21-15-17(16-23-18-9-5-2-3-6-10-18)13-14-20(21)29-22-24-25-26-27(22)19-11-7-4-8-12-19/h4,7-8,11-15,18,23H,2-3,5-6,9-10,16H2,1H3. The predicted octanol–water partition coefficient (Wildman–Crippen LogP) is 4.28. The Morgan fingerprint density at radius 3 is 2.55 bits per heavy atom. The third kappa shape index (κ3) is 4.92. The van der Waals surface area contributed by atoms with Crippen LogP contribution in [0, 0.1) is 0 Å². The zero-order chi connectivity index (χ0) is 19.9. The van der Waals surface area contributed by atoms with Gasteiger partial charge >= 0.3 is 6.01 Å². The van der Waals surface area contributed by atoms with Crippen LogP contribution >= 0.6 is 0 Å². The van der Waals surface area contributed by atoms with E-state index in [9.17, 15) is 0 Å². The van der Waals surface area contributed by atoms with E-state index in [1.165, 1.54) is 44.1 Å². The molecular weight excluding hydrogens is 366 g/mol. The summed E-state index contributed by atoms with van der Waals surface area (Å²) < 4.78 is 13.1. The first kappa shape index (κ1) is 19.4. The van der Waals surface area contributed by atoms with Gasteiger partial charge in [0.05, 0.1) is 12.8 Å². The summed E-state index contributed by atoms with van der Waals surface area (Å²) in [6.45, 7) is 0.822. The van der Waals surface area contributed by atoms with Gasteiger partial charge < -0.3 is 14.8 Å². The van der Waals surface area contributed by atoms with Crippen molar-refractivity contribution in [3.8, 4) is 23.2 Å². The molecule has 3 aromatic rings. The molecule has 1 fully saturated rings. The smallest absolute Gasteiger partial charge is 0.346 e. The van der Waals surface area contributed by atoms with Crippen LogP contribution in [0.3, 0.4) is 0 Å². The topological polar surface area (TPSA) is 74.1 Å². The molecule has 7 heteroatoms. The molecule has 1 N–H and O–H groups in total. The van der Waals surface area contributed by atoms with Gasteiger partial charge in [-0.1, -0.05) is 55.0 Å². The summed E-state index contributed by atoms with van der Waals surface area (Å²) in [5, 5.41) is 15.5. The molecular formula is C22H27N5O2. The SMILES string of the molecule is COc1cc(CNC2CCCCCC2)ccc1Oc1nnnn1-c1ccccc1. The molecule has 0 radical (unpaired) electrons. The molecule has 152 valence electrons. The first-order valence-electron chi connectivity index (χ1n) is 10.3. The summed E-state index contributed by atoms with van der Waals surface area (Å²) >= 11 is 0. The van der Waals surface area contributed by atoms with E-state index >= 15 is 0 Å². The van der Waals surface area contributed by atoms with Gasteiger partial charge in [0.25, 0.3) is 0 Å². The maximum absolute atomic E-state index is 5.97. The molecule has 0 unspecified atom stereocenters. The molecule has 0 saturated heterocycles. The summed E-state index contributed by atoms with van der Waals surface area (Å²) in [5.41, 5.74) is 2.00. The number of tetrazole rings is 1. The van der Waals surface area contributed by atoms with Crippen LogP contribution in [0.5, 0.6) is 17.5 Å². The van der Waals surface area contributed by atoms with Crippen molar-refractivity contribution >= 4 is 0 Å². The highest BCUT2D eigenvalue weighted by Gasteiger charge is 2.15. The van der Waals surface area contributed by atoms with E-state index in [2.05, 4.69) is 26.9 Å². The number of aromatic nitrogens is 4.